The van der Waals surface area contributed by atoms with Crippen molar-refractivity contribution in [2.75, 3.05) is 26.7 Å². The molecule has 0 amide bonds. The number of hydrogen-bond acceptors (Lipinski definition) is 3. The van der Waals surface area contributed by atoms with Crippen molar-refractivity contribution in [2.24, 2.45) is 11.8 Å². The van der Waals surface area contributed by atoms with Crippen LogP contribution in [0.3, 0.4) is 0 Å². The third-order valence-electron chi connectivity index (χ3n) is 4.05. The molecule has 1 saturated carbocycles. The van der Waals surface area contributed by atoms with Crippen LogP contribution in [-0.2, 0) is 10.2 Å². The van der Waals surface area contributed by atoms with Crippen LogP contribution in [-0.4, -0.2) is 45.4 Å². The molecule has 1 heterocycles. The van der Waals surface area contributed by atoms with E-state index in [0.29, 0.717) is 19.0 Å². The molecule has 112 valence electrons. The minimum Gasteiger partial charge on any atom is -0.319 e. The fourth-order valence-electron chi connectivity index (χ4n) is 2.93. The van der Waals surface area contributed by atoms with Crippen LogP contribution in [0.5, 0.6) is 0 Å². The van der Waals surface area contributed by atoms with Crippen LogP contribution < -0.4 is 10.0 Å². The number of piperidine rings is 1. The largest absolute Gasteiger partial charge is 0.319 e. The Hall–Kier alpha value is -0.170. The lowest BCUT2D eigenvalue weighted by atomic mass is 10.00. The van der Waals surface area contributed by atoms with Gasteiger partial charge in [0.25, 0.3) is 10.2 Å². The fourth-order valence-corrected chi connectivity index (χ4v) is 4.46. The smallest absolute Gasteiger partial charge is 0.279 e. The van der Waals surface area contributed by atoms with Gasteiger partial charge in [0.15, 0.2) is 0 Å². The Kier molecular flexibility index (Phi) is 5.22. The van der Waals surface area contributed by atoms with Gasteiger partial charge in [-0.15, -0.1) is 0 Å². The molecule has 1 aliphatic heterocycles. The average molecular weight is 289 g/mol. The summed E-state index contributed by atoms with van der Waals surface area (Å²) in [4.78, 5) is 0. The first-order valence-electron chi connectivity index (χ1n) is 7.43. The number of nitrogens with one attached hydrogen (secondary N) is 2. The monoisotopic (exact) mass is 289 g/mol. The molecule has 19 heavy (non-hydrogen) atoms. The molecule has 6 heteroatoms. The summed E-state index contributed by atoms with van der Waals surface area (Å²) < 4.78 is 29.1. The summed E-state index contributed by atoms with van der Waals surface area (Å²) >= 11 is 0. The molecule has 2 atom stereocenters. The summed E-state index contributed by atoms with van der Waals surface area (Å²) in [5.74, 6) is 1.19. The molecule has 1 aliphatic carbocycles. The highest BCUT2D eigenvalue weighted by Crippen LogP contribution is 2.33. The Morgan fingerprint density at radius 1 is 1.26 bits per heavy atom. The van der Waals surface area contributed by atoms with E-state index in [-0.39, 0.29) is 6.04 Å². The van der Waals surface area contributed by atoms with E-state index in [1.807, 2.05) is 14.0 Å². The van der Waals surface area contributed by atoms with Crippen LogP contribution in [0.15, 0.2) is 0 Å². The normalized spacial score (nSPS) is 27.4. The first-order valence-corrected chi connectivity index (χ1v) is 8.87. The van der Waals surface area contributed by atoms with Crippen LogP contribution in [0.1, 0.15) is 39.0 Å². The van der Waals surface area contributed by atoms with E-state index in [9.17, 15) is 8.42 Å². The van der Waals surface area contributed by atoms with Gasteiger partial charge in [-0.25, -0.2) is 0 Å². The van der Waals surface area contributed by atoms with Gasteiger partial charge >= 0.3 is 0 Å². The zero-order valence-corrected chi connectivity index (χ0v) is 12.9. The molecule has 0 aromatic rings. The Labute approximate surface area is 117 Å². The van der Waals surface area contributed by atoms with Gasteiger partial charge in [0, 0.05) is 19.1 Å². The second-order valence-corrected chi connectivity index (χ2v) is 7.83. The Morgan fingerprint density at radius 2 is 2.00 bits per heavy atom. The van der Waals surface area contributed by atoms with Crippen LogP contribution in [0, 0.1) is 11.8 Å². The van der Waals surface area contributed by atoms with E-state index in [1.54, 1.807) is 4.31 Å². The highest BCUT2D eigenvalue weighted by molar-refractivity contribution is 7.87. The van der Waals surface area contributed by atoms with Crippen molar-refractivity contribution in [1.82, 2.24) is 14.3 Å². The Balaban J connectivity index is 1.86. The predicted molar refractivity (Wildman–Crippen MR) is 77.1 cm³/mol. The zero-order chi connectivity index (χ0) is 13.9. The third-order valence-corrected chi connectivity index (χ3v) is 5.76. The molecule has 2 N–H and O–H groups in total. The molecule has 2 fully saturated rings. The lowest BCUT2D eigenvalue weighted by Crippen LogP contribution is -2.49. The van der Waals surface area contributed by atoms with Crippen molar-refractivity contribution in [2.45, 2.75) is 45.1 Å². The van der Waals surface area contributed by atoms with Crippen LogP contribution in [0.25, 0.3) is 0 Å². The topological polar surface area (TPSA) is 61.4 Å². The van der Waals surface area contributed by atoms with Gasteiger partial charge < -0.3 is 5.32 Å². The third kappa shape index (κ3) is 4.70. The Bertz CT molecular complexity index is 379. The van der Waals surface area contributed by atoms with Crippen LogP contribution >= 0.6 is 0 Å². The summed E-state index contributed by atoms with van der Waals surface area (Å²) in [6.45, 7) is 4.17. The minimum absolute atomic E-state index is 0.0576. The van der Waals surface area contributed by atoms with E-state index < -0.39 is 10.2 Å². The second-order valence-electron chi connectivity index (χ2n) is 6.13. The number of rotatable bonds is 7. The van der Waals surface area contributed by atoms with Gasteiger partial charge in [-0.1, -0.05) is 12.8 Å². The summed E-state index contributed by atoms with van der Waals surface area (Å²) in [6.07, 6.45) is 5.59. The van der Waals surface area contributed by atoms with Crippen molar-refractivity contribution in [3.63, 3.8) is 0 Å². The zero-order valence-electron chi connectivity index (χ0n) is 12.1. The highest BCUT2D eigenvalue weighted by Gasteiger charge is 2.31. The first kappa shape index (κ1) is 15.2. The standard InChI is InChI=1S/C13H27N3O2S/c1-11(8-12-5-6-12)15-19(17,18)16-7-3-4-13(10-16)9-14-2/h11-15H,3-10H2,1-2H3. The second kappa shape index (κ2) is 6.52. The van der Waals surface area contributed by atoms with Gasteiger partial charge in [0.2, 0.25) is 0 Å². The molecule has 0 bridgehead atoms. The molecule has 2 aliphatic rings. The maximum atomic E-state index is 12.3. The quantitative estimate of drug-likeness (QED) is 0.733. The van der Waals surface area contributed by atoms with E-state index in [4.69, 9.17) is 0 Å². The highest BCUT2D eigenvalue weighted by atomic mass is 32.2. The number of hydrogen-bond donors (Lipinski definition) is 2. The fraction of sp³-hybridized carbons (Fsp3) is 1.00. The molecule has 0 spiro atoms. The van der Waals surface area contributed by atoms with Gasteiger partial charge in [-0.05, 0) is 51.6 Å². The number of nitrogens with zero attached hydrogens (tertiary/aromatic N) is 1. The van der Waals surface area contributed by atoms with Crippen molar-refractivity contribution >= 4 is 10.2 Å². The van der Waals surface area contributed by atoms with Crippen molar-refractivity contribution in [3.05, 3.63) is 0 Å². The molecule has 0 aromatic heterocycles. The average Bonchev–Trinajstić information content (AvgIpc) is 3.13. The maximum Gasteiger partial charge on any atom is 0.279 e. The summed E-state index contributed by atoms with van der Waals surface area (Å²) in [7, 11) is -1.38. The van der Waals surface area contributed by atoms with E-state index in [1.165, 1.54) is 12.8 Å². The van der Waals surface area contributed by atoms with Crippen molar-refractivity contribution in [3.8, 4) is 0 Å². The van der Waals surface area contributed by atoms with E-state index >= 15 is 0 Å². The van der Waals surface area contributed by atoms with Crippen LogP contribution in [0.4, 0.5) is 0 Å². The van der Waals surface area contributed by atoms with E-state index in [2.05, 4.69) is 10.0 Å². The van der Waals surface area contributed by atoms with Gasteiger partial charge in [0.1, 0.15) is 0 Å². The Morgan fingerprint density at radius 3 is 2.63 bits per heavy atom. The lowest BCUT2D eigenvalue weighted by Gasteiger charge is -2.32. The molecule has 2 unspecified atom stereocenters. The molecule has 0 aromatic carbocycles. The van der Waals surface area contributed by atoms with Gasteiger partial charge in [-0.2, -0.15) is 17.4 Å². The van der Waals surface area contributed by atoms with Gasteiger partial charge in [0.05, 0.1) is 0 Å². The predicted octanol–water partition coefficient (Wildman–Crippen LogP) is 0.941. The summed E-state index contributed by atoms with van der Waals surface area (Å²) in [5.41, 5.74) is 0. The van der Waals surface area contributed by atoms with Crippen LogP contribution in [0.2, 0.25) is 0 Å². The maximum absolute atomic E-state index is 12.3. The summed E-state index contributed by atoms with van der Waals surface area (Å²) in [5, 5.41) is 3.14. The SMILES string of the molecule is CNCC1CCCN(S(=O)(=O)NC(C)CC2CC2)C1. The molecular weight excluding hydrogens is 262 g/mol. The van der Waals surface area contributed by atoms with Crippen molar-refractivity contribution < 1.29 is 8.42 Å². The molecule has 0 radical (unpaired) electrons. The summed E-state index contributed by atoms with van der Waals surface area (Å²) in [6, 6.07) is 0.0576. The minimum atomic E-state index is -3.30. The van der Waals surface area contributed by atoms with E-state index in [0.717, 1.165) is 31.7 Å². The molecule has 2 rings (SSSR count). The first-order chi connectivity index (χ1) is 9.01. The molecule has 1 saturated heterocycles. The lowest BCUT2D eigenvalue weighted by molar-refractivity contribution is 0.259. The van der Waals surface area contributed by atoms with Crippen molar-refractivity contribution in [1.29, 1.82) is 0 Å². The molecular formula is C13H27N3O2S. The molecule has 5 nitrogen and oxygen atoms in total. The van der Waals surface area contributed by atoms with Gasteiger partial charge in [-0.3, -0.25) is 0 Å².